The molecule has 1 aromatic rings. The molecule has 2 rings (SSSR count). The van der Waals surface area contributed by atoms with Crippen molar-refractivity contribution in [1.82, 2.24) is 9.96 Å². The highest BCUT2D eigenvalue weighted by atomic mass is 16.7. The van der Waals surface area contributed by atoms with Gasteiger partial charge in [0, 0.05) is 26.4 Å². The molecule has 0 radical (unpaired) electrons. The highest BCUT2D eigenvalue weighted by molar-refractivity contribution is 6.01. The summed E-state index contributed by atoms with van der Waals surface area (Å²) in [7, 11) is 1.54. The van der Waals surface area contributed by atoms with Crippen LogP contribution in [0.25, 0.3) is 0 Å². The van der Waals surface area contributed by atoms with Gasteiger partial charge in [-0.1, -0.05) is 30.3 Å². The minimum Gasteiger partial charge on any atom is -0.311 e. The van der Waals surface area contributed by atoms with Crippen LogP contribution in [-0.4, -0.2) is 34.9 Å². The van der Waals surface area contributed by atoms with Gasteiger partial charge >= 0.3 is 6.09 Å². The highest BCUT2D eigenvalue weighted by Gasteiger charge is 2.33. The average Bonchev–Trinajstić information content (AvgIpc) is 2.71. The minimum absolute atomic E-state index is 0.0918. The van der Waals surface area contributed by atoms with Gasteiger partial charge in [0.15, 0.2) is 0 Å². The normalized spacial score (nSPS) is 14.7. The zero-order chi connectivity index (χ0) is 13.8. The third-order valence-electron chi connectivity index (χ3n) is 2.75. The molecule has 0 saturated carbocycles. The van der Waals surface area contributed by atoms with E-state index in [4.69, 9.17) is 4.84 Å². The van der Waals surface area contributed by atoms with Crippen LogP contribution in [0.15, 0.2) is 30.3 Å². The zero-order valence-electron chi connectivity index (χ0n) is 10.5. The molecular weight excluding hydrogens is 248 g/mol. The molecule has 0 atom stereocenters. The number of benzene rings is 1. The number of carbonyl (C=O) groups excluding carboxylic acids is 3. The Hall–Kier alpha value is -2.37. The van der Waals surface area contributed by atoms with Crippen molar-refractivity contribution in [3.8, 4) is 0 Å². The van der Waals surface area contributed by atoms with Gasteiger partial charge in [-0.2, -0.15) is 0 Å². The predicted octanol–water partition coefficient (Wildman–Crippen LogP) is 1.32. The van der Waals surface area contributed by atoms with E-state index >= 15 is 0 Å². The summed E-state index contributed by atoms with van der Waals surface area (Å²) in [6, 6.07) is 9.35. The second-order valence-electron chi connectivity index (χ2n) is 4.28. The lowest BCUT2D eigenvalue weighted by atomic mass is 10.2. The smallest absolute Gasteiger partial charge is 0.311 e. The molecule has 6 nitrogen and oxygen atoms in total. The molecule has 0 aliphatic carbocycles. The SMILES string of the molecule is CN(Cc1ccccc1)C(=O)ON1C(=O)CCC1=O. The molecule has 1 saturated heterocycles. The Morgan fingerprint density at radius 2 is 1.79 bits per heavy atom. The quantitative estimate of drug-likeness (QED) is 0.770. The average molecular weight is 262 g/mol. The standard InChI is InChI=1S/C13H14N2O4/c1-14(9-10-5-3-2-4-6-10)13(18)19-15-11(16)7-8-12(15)17/h2-6H,7-9H2,1H3. The molecule has 1 aromatic carbocycles. The molecule has 1 fully saturated rings. The van der Waals surface area contributed by atoms with E-state index in [1.807, 2.05) is 30.3 Å². The number of rotatable bonds is 3. The number of hydroxylamine groups is 2. The van der Waals surface area contributed by atoms with Crippen molar-refractivity contribution in [3.63, 3.8) is 0 Å². The first kappa shape index (κ1) is 13.1. The van der Waals surface area contributed by atoms with E-state index in [0.717, 1.165) is 5.56 Å². The van der Waals surface area contributed by atoms with E-state index in [-0.39, 0.29) is 12.8 Å². The lowest BCUT2D eigenvalue weighted by Crippen LogP contribution is -2.37. The molecule has 0 bridgehead atoms. The molecule has 100 valence electrons. The third kappa shape index (κ3) is 3.09. The van der Waals surface area contributed by atoms with E-state index in [1.54, 1.807) is 7.05 Å². The number of carbonyl (C=O) groups is 3. The number of hydrogen-bond donors (Lipinski definition) is 0. The number of nitrogens with zero attached hydrogens (tertiary/aromatic N) is 2. The lowest BCUT2D eigenvalue weighted by molar-refractivity contribution is -0.173. The van der Waals surface area contributed by atoms with Crippen LogP contribution in [0.5, 0.6) is 0 Å². The van der Waals surface area contributed by atoms with Crippen LogP contribution < -0.4 is 0 Å². The zero-order valence-corrected chi connectivity index (χ0v) is 10.5. The fourth-order valence-electron chi connectivity index (χ4n) is 1.73. The molecular formula is C13H14N2O4. The summed E-state index contributed by atoms with van der Waals surface area (Å²) < 4.78 is 0. The topological polar surface area (TPSA) is 66.9 Å². The van der Waals surface area contributed by atoms with Crippen molar-refractivity contribution in [2.75, 3.05) is 7.05 Å². The molecule has 3 amide bonds. The van der Waals surface area contributed by atoms with E-state index in [2.05, 4.69) is 0 Å². The molecule has 0 N–H and O–H groups in total. The van der Waals surface area contributed by atoms with Gasteiger partial charge in [-0.25, -0.2) is 4.79 Å². The molecule has 6 heteroatoms. The van der Waals surface area contributed by atoms with Crippen molar-refractivity contribution in [1.29, 1.82) is 0 Å². The van der Waals surface area contributed by atoms with Gasteiger partial charge in [0.2, 0.25) is 0 Å². The molecule has 0 spiro atoms. The van der Waals surface area contributed by atoms with Crippen molar-refractivity contribution >= 4 is 17.9 Å². The van der Waals surface area contributed by atoms with Crippen LogP contribution in [0.4, 0.5) is 4.79 Å². The largest absolute Gasteiger partial charge is 0.434 e. The monoisotopic (exact) mass is 262 g/mol. The Morgan fingerprint density at radius 1 is 1.21 bits per heavy atom. The molecule has 0 unspecified atom stereocenters. The maximum atomic E-state index is 11.8. The Labute approximate surface area is 110 Å². The summed E-state index contributed by atoms with van der Waals surface area (Å²) in [5, 5.41) is 0.545. The third-order valence-corrected chi connectivity index (χ3v) is 2.75. The Balaban J connectivity index is 1.93. The van der Waals surface area contributed by atoms with Gasteiger partial charge < -0.3 is 9.74 Å². The second kappa shape index (κ2) is 5.51. The van der Waals surface area contributed by atoms with Gasteiger partial charge in [0.25, 0.3) is 11.8 Å². The van der Waals surface area contributed by atoms with Crippen LogP contribution in [-0.2, 0) is 21.0 Å². The fourth-order valence-corrected chi connectivity index (χ4v) is 1.73. The maximum Gasteiger partial charge on any atom is 0.434 e. The van der Waals surface area contributed by atoms with Crippen LogP contribution in [0.3, 0.4) is 0 Å². The first-order valence-corrected chi connectivity index (χ1v) is 5.90. The van der Waals surface area contributed by atoms with E-state index in [9.17, 15) is 14.4 Å². The highest BCUT2D eigenvalue weighted by Crippen LogP contribution is 2.13. The van der Waals surface area contributed by atoms with E-state index in [1.165, 1.54) is 4.90 Å². The van der Waals surface area contributed by atoms with Crippen LogP contribution in [0, 0.1) is 0 Å². The summed E-state index contributed by atoms with van der Waals surface area (Å²) in [4.78, 5) is 40.5. The molecule has 19 heavy (non-hydrogen) atoms. The van der Waals surface area contributed by atoms with Gasteiger partial charge in [-0.3, -0.25) is 9.59 Å². The van der Waals surface area contributed by atoms with Crippen molar-refractivity contribution in [2.45, 2.75) is 19.4 Å². The summed E-state index contributed by atoms with van der Waals surface area (Å²) in [5.74, 6) is -0.960. The van der Waals surface area contributed by atoms with Gasteiger partial charge in [-0.15, -0.1) is 5.06 Å². The van der Waals surface area contributed by atoms with Crippen LogP contribution in [0.1, 0.15) is 18.4 Å². The summed E-state index contributed by atoms with van der Waals surface area (Å²) in [5.41, 5.74) is 0.932. The van der Waals surface area contributed by atoms with Crippen LogP contribution >= 0.6 is 0 Å². The predicted molar refractivity (Wildman–Crippen MR) is 65.5 cm³/mol. The summed E-state index contributed by atoms with van der Waals surface area (Å²) >= 11 is 0. The summed E-state index contributed by atoms with van der Waals surface area (Å²) in [6.07, 6.45) is -0.546. The van der Waals surface area contributed by atoms with Gasteiger partial charge in [0.05, 0.1) is 0 Å². The number of amides is 3. The lowest BCUT2D eigenvalue weighted by Gasteiger charge is -2.19. The van der Waals surface area contributed by atoms with Crippen LogP contribution in [0.2, 0.25) is 0 Å². The Kier molecular flexibility index (Phi) is 3.79. The molecule has 0 aromatic heterocycles. The summed E-state index contributed by atoms with van der Waals surface area (Å²) in [6.45, 7) is 0.343. The Morgan fingerprint density at radius 3 is 2.37 bits per heavy atom. The Bertz CT molecular complexity index is 485. The van der Waals surface area contributed by atoms with E-state index < -0.39 is 17.9 Å². The van der Waals surface area contributed by atoms with Gasteiger partial charge in [-0.05, 0) is 5.56 Å². The minimum atomic E-state index is -0.729. The van der Waals surface area contributed by atoms with Crippen molar-refractivity contribution in [2.24, 2.45) is 0 Å². The van der Waals surface area contributed by atoms with Gasteiger partial charge in [0.1, 0.15) is 0 Å². The first-order valence-electron chi connectivity index (χ1n) is 5.90. The molecule has 1 aliphatic heterocycles. The molecule has 1 aliphatic rings. The van der Waals surface area contributed by atoms with Crippen molar-refractivity contribution in [3.05, 3.63) is 35.9 Å². The first-order chi connectivity index (χ1) is 9.08. The maximum absolute atomic E-state index is 11.8. The number of hydrogen-bond acceptors (Lipinski definition) is 4. The number of imide groups is 1. The second-order valence-corrected chi connectivity index (χ2v) is 4.28. The van der Waals surface area contributed by atoms with Crippen molar-refractivity contribution < 1.29 is 19.2 Å². The van der Waals surface area contributed by atoms with E-state index in [0.29, 0.717) is 11.6 Å². The fraction of sp³-hybridized carbons (Fsp3) is 0.308. The molecule has 1 heterocycles.